The molecule has 0 saturated heterocycles. The van der Waals surface area contributed by atoms with Gasteiger partial charge < -0.3 is 4.57 Å². The number of benzene rings is 2. The van der Waals surface area contributed by atoms with E-state index in [0.717, 1.165) is 17.1 Å². The first-order valence-electron chi connectivity index (χ1n) is 7.41. The number of aromatic nitrogens is 1. The largest absolute Gasteiger partial charge is 0.314 e. The average molecular weight is 353 g/mol. The van der Waals surface area contributed by atoms with Crippen molar-refractivity contribution in [1.82, 2.24) is 4.57 Å². The molecule has 0 aliphatic carbocycles. The monoisotopic (exact) mass is 352 g/mol. The number of rotatable bonds is 3. The number of allylic oxidation sites excluding steroid dienone is 1. The molecule has 0 aliphatic heterocycles. The summed E-state index contributed by atoms with van der Waals surface area (Å²) in [4.78, 5) is 0. The van der Waals surface area contributed by atoms with Gasteiger partial charge in [-0.2, -0.15) is 5.26 Å². The number of hydrogen-bond acceptors (Lipinski definition) is 1. The Bertz CT molecular complexity index is 948. The molecule has 0 unspecified atom stereocenters. The highest BCUT2D eigenvalue weighted by Crippen LogP contribution is 2.29. The summed E-state index contributed by atoms with van der Waals surface area (Å²) >= 11 is 12.2. The summed E-state index contributed by atoms with van der Waals surface area (Å²) in [6, 6.07) is 21.4. The summed E-state index contributed by atoms with van der Waals surface area (Å²) in [6.07, 6.45) is 1.84. The normalized spacial score (nSPS) is 11.3. The lowest BCUT2D eigenvalue weighted by Gasteiger charge is -2.10. The first kappa shape index (κ1) is 16.4. The van der Waals surface area contributed by atoms with Gasteiger partial charge in [-0.3, -0.25) is 0 Å². The van der Waals surface area contributed by atoms with Crippen molar-refractivity contribution in [3.63, 3.8) is 0 Å². The van der Waals surface area contributed by atoms with Crippen molar-refractivity contribution in [2.45, 2.75) is 6.92 Å². The summed E-state index contributed by atoms with van der Waals surface area (Å²) in [5, 5.41) is 10.6. The predicted octanol–water partition coefficient (Wildman–Crippen LogP) is 6.16. The fourth-order valence-corrected chi connectivity index (χ4v) is 3.14. The predicted molar refractivity (Wildman–Crippen MR) is 100 cm³/mol. The maximum Gasteiger partial charge on any atom is 0.0999 e. The molecule has 4 heteroatoms. The number of nitrogens with zero attached hydrogens (tertiary/aromatic N) is 2. The van der Waals surface area contributed by atoms with Crippen molar-refractivity contribution in [2.24, 2.45) is 0 Å². The van der Waals surface area contributed by atoms with Gasteiger partial charge in [0.05, 0.1) is 16.7 Å². The van der Waals surface area contributed by atoms with Crippen LogP contribution in [0.2, 0.25) is 10.0 Å². The minimum absolute atomic E-state index is 0.463. The van der Waals surface area contributed by atoms with Crippen molar-refractivity contribution in [3.8, 4) is 11.8 Å². The molecular weight excluding hydrogens is 339 g/mol. The van der Waals surface area contributed by atoms with Crippen LogP contribution in [0, 0.1) is 18.3 Å². The molecule has 1 aromatic heterocycles. The second kappa shape index (κ2) is 6.97. The van der Waals surface area contributed by atoms with Gasteiger partial charge >= 0.3 is 0 Å². The highest BCUT2D eigenvalue weighted by atomic mass is 35.5. The minimum atomic E-state index is 0.463. The van der Waals surface area contributed by atoms with Gasteiger partial charge in [-0.25, -0.2) is 0 Å². The van der Waals surface area contributed by atoms with Crippen LogP contribution in [-0.4, -0.2) is 4.57 Å². The second-order valence-corrected chi connectivity index (χ2v) is 6.21. The lowest BCUT2D eigenvalue weighted by atomic mass is 10.1. The molecule has 0 aliphatic rings. The lowest BCUT2D eigenvalue weighted by molar-refractivity contribution is 1.00. The van der Waals surface area contributed by atoms with Crippen molar-refractivity contribution in [1.29, 1.82) is 5.26 Å². The Morgan fingerprint density at radius 3 is 2.46 bits per heavy atom. The Kier molecular flexibility index (Phi) is 4.76. The summed E-state index contributed by atoms with van der Waals surface area (Å²) in [5.74, 6) is 0. The minimum Gasteiger partial charge on any atom is -0.314 e. The maximum atomic E-state index is 9.58. The van der Waals surface area contributed by atoms with Gasteiger partial charge in [-0.1, -0.05) is 47.5 Å². The number of hydrogen-bond donors (Lipinski definition) is 0. The first-order chi connectivity index (χ1) is 11.6. The van der Waals surface area contributed by atoms with Gasteiger partial charge in [0.1, 0.15) is 0 Å². The van der Waals surface area contributed by atoms with Crippen LogP contribution in [0.3, 0.4) is 0 Å². The van der Waals surface area contributed by atoms with E-state index < -0.39 is 0 Å². The summed E-state index contributed by atoms with van der Waals surface area (Å²) in [5.41, 5.74) is 4.22. The van der Waals surface area contributed by atoms with E-state index >= 15 is 0 Å². The van der Waals surface area contributed by atoms with E-state index in [1.807, 2.05) is 55.5 Å². The molecule has 3 rings (SSSR count). The molecule has 3 aromatic rings. The van der Waals surface area contributed by atoms with Gasteiger partial charge in [-0.05, 0) is 49.4 Å². The molecule has 0 bridgehead atoms. The highest BCUT2D eigenvalue weighted by Gasteiger charge is 2.10. The van der Waals surface area contributed by atoms with Crippen molar-refractivity contribution < 1.29 is 0 Å². The number of aryl methyl sites for hydroxylation is 1. The van der Waals surface area contributed by atoms with E-state index in [1.165, 1.54) is 0 Å². The second-order valence-electron chi connectivity index (χ2n) is 5.36. The molecule has 0 amide bonds. The third-order valence-electron chi connectivity index (χ3n) is 3.75. The van der Waals surface area contributed by atoms with Crippen molar-refractivity contribution in [2.75, 3.05) is 0 Å². The highest BCUT2D eigenvalue weighted by molar-refractivity contribution is 6.36. The molecule has 0 atom stereocenters. The van der Waals surface area contributed by atoms with E-state index in [9.17, 15) is 5.26 Å². The topological polar surface area (TPSA) is 28.7 Å². The van der Waals surface area contributed by atoms with E-state index in [4.69, 9.17) is 23.2 Å². The first-order valence-corrected chi connectivity index (χ1v) is 8.17. The fourth-order valence-electron chi connectivity index (χ4n) is 2.63. The maximum absolute atomic E-state index is 9.58. The number of halogens is 2. The average Bonchev–Trinajstić information content (AvgIpc) is 2.94. The molecular formula is C20H14Cl2N2. The molecule has 0 radical (unpaired) electrons. The van der Waals surface area contributed by atoms with Crippen LogP contribution in [0.15, 0.2) is 60.7 Å². The Labute approximate surface area is 151 Å². The van der Waals surface area contributed by atoms with Crippen LogP contribution in [0.1, 0.15) is 17.0 Å². The van der Waals surface area contributed by atoms with Gasteiger partial charge in [-0.15, -0.1) is 0 Å². The number of nitriles is 1. The van der Waals surface area contributed by atoms with Crippen LogP contribution in [0.25, 0.3) is 17.3 Å². The molecule has 1 heterocycles. The van der Waals surface area contributed by atoms with Gasteiger partial charge in [0.15, 0.2) is 0 Å². The van der Waals surface area contributed by atoms with E-state index in [0.29, 0.717) is 21.2 Å². The van der Waals surface area contributed by atoms with E-state index in [-0.39, 0.29) is 0 Å². The summed E-state index contributed by atoms with van der Waals surface area (Å²) in [7, 11) is 0. The van der Waals surface area contributed by atoms with Gasteiger partial charge in [0.25, 0.3) is 0 Å². The molecule has 0 saturated carbocycles. The molecule has 0 N–H and O–H groups in total. The lowest BCUT2D eigenvalue weighted by Crippen LogP contribution is -1.98. The van der Waals surface area contributed by atoms with Gasteiger partial charge in [0.2, 0.25) is 0 Å². The number of para-hydroxylation sites is 1. The van der Waals surface area contributed by atoms with Crippen LogP contribution in [-0.2, 0) is 0 Å². The zero-order valence-electron chi connectivity index (χ0n) is 13.0. The van der Waals surface area contributed by atoms with Crippen molar-refractivity contribution in [3.05, 3.63) is 87.7 Å². The summed E-state index contributed by atoms with van der Waals surface area (Å²) < 4.78 is 2.10. The third-order valence-corrected chi connectivity index (χ3v) is 4.30. The molecule has 2 nitrogen and oxygen atoms in total. The molecule has 118 valence electrons. The SMILES string of the molecule is Cc1ccc(/C=C(/C#N)c2ccc(Cl)cc2Cl)n1-c1ccccc1. The zero-order chi connectivity index (χ0) is 17.1. The van der Waals surface area contributed by atoms with Crippen LogP contribution >= 0.6 is 23.2 Å². The third kappa shape index (κ3) is 3.23. The Hall–Kier alpha value is -2.47. The van der Waals surface area contributed by atoms with Crippen LogP contribution in [0.4, 0.5) is 0 Å². The quantitative estimate of drug-likeness (QED) is 0.519. The smallest absolute Gasteiger partial charge is 0.0999 e. The standard InChI is InChI=1S/C20H14Cl2N2/c1-14-7-9-18(24(14)17-5-3-2-4-6-17)11-15(13-23)19-10-8-16(21)12-20(19)22/h2-12H,1H3/b15-11-. The molecule has 2 aromatic carbocycles. The Morgan fingerprint density at radius 2 is 1.79 bits per heavy atom. The zero-order valence-corrected chi connectivity index (χ0v) is 14.5. The Balaban J connectivity index is 2.13. The fraction of sp³-hybridized carbons (Fsp3) is 0.0500. The summed E-state index contributed by atoms with van der Waals surface area (Å²) in [6.45, 7) is 2.03. The van der Waals surface area contributed by atoms with Crippen molar-refractivity contribution >= 4 is 34.9 Å². The van der Waals surface area contributed by atoms with E-state index in [1.54, 1.807) is 18.2 Å². The Morgan fingerprint density at radius 1 is 1.04 bits per heavy atom. The molecule has 0 spiro atoms. The molecule has 24 heavy (non-hydrogen) atoms. The van der Waals surface area contributed by atoms with Gasteiger partial charge in [0, 0.05) is 27.7 Å². The van der Waals surface area contributed by atoms with Crippen LogP contribution in [0.5, 0.6) is 0 Å². The molecule has 0 fully saturated rings. The van der Waals surface area contributed by atoms with E-state index in [2.05, 4.69) is 10.6 Å². The van der Waals surface area contributed by atoms with Crippen LogP contribution < -0.4 is 0 Å².